The highest BCUT2D eigenvalue weighted by molar-refractivity contribution is 6.10. The largest absolute Gasteiger partial charge is 0.469 e. The van der Waals surface area contributed by atoms with Crippen LogP contribution in [0.2, 0.25) is 0 Å². The van der Waals surface area contributed by atoms with Gasteiger partial charge in [-0.05, 0) is 41.7 Å². The molecule has 0 saturated carbocycles. The summed E-state index contributed by atoms with van der Waals surface area (Å²) in [6.45, 7) is 3.69. The second-order valence-electron chi connectivity index (χ2n) is 12.2. The molecule has 2 aromatic heterocycles. The molecule has 0 aliphatic carbocycles. The van der Waals surface area contributed by atoms with Crippen molar-refractivity contribution in [1.82, 2.24) is 20.6 Å². The number of nitrogens with zero attached hydrogens (tertiary/aromatic N) is 1. The van der Waals surface area contributed by atoms with Crippen LogP contribution < -0.4 is 20.7 Å². The number of rotatable bonds is 5. The Hall–Kier alpha value is -5.38. The summed E-state index contributed by atoms with van der Waals surface area (Å²) >= 11 is 0. The van der Waals surface area contributed by atoms with E-state index in [0.717, 1.165) is 33.3 Å². The smallest absolute Gasteiger partial charge is 0.273 e. The number of ether oxygens (including phenoxy) is 1. The van der Waals surface area contributed by atoms with Gasteiger partial charge in [0.1, 0.15) is 17.2 Å². The first-order valence-corrected chi connectivity index (χ1v) is 15.2. The van der Waals surface area contributed by atoms with Crippen molar-refractivity contribution in [1.29, 1.82) is 0 Å². The summed E-state index contributed by atoms with van der Waals surface area (Å²) in [4.78, 5) is 48.4. The predicted octanol–water partition coefficient (Wildman–Crippen LogP) is 5.01. The maximum atomic E-state index is 14.1. The Morgan fingerprint density at radius 3 is 2.71 bits per heavy atom. The molecule has 45 heavy (non-hydrogen) atoms. The van der Waals surface area contributed by atoms with Crippen molar-refractivity contribution in [3.63, 3.8) is 0 Å². The van der Waals surface area contributed by atoms with Crippen molar-refractivity contribution >= 4 is 34.2 Å². The minimum atomic E-state index is -1.05. The molecule has 10 heteroatoms. The molecular weight excluding hydrogens is 570 g/mol. The summed E-state index contributed by atoms with van der Waals surface area (Å²) in [6, 6.07) is 20.7. The fourth-order valence-corrected chi connectivity index (χ4v) is 6.93. The fourth-order valence-electron chi connectivity index (χ4n) is 6.93. The number of aromatic nitrogens is 2. The lowest BCUT2D eigenvalue weighted by atomic mass is 9.72. The van der Waals surface area contributed by atoms with E-state index in [4.69, 9.17) is 14.1 Å². The number of carbonyl (C=O) groups is 3. The normalized spacial score (nSPS) is 21.2. The molecule has 5 heterocycles. The number of anilines is 1. The average Bonchev–Trinajstić information content (AvgIpc) is 3.80. The lowest BCUT2D eigenvalue weighted by molar-refractivity contribution is -0.122. The summed E-state index contributed by atoms with van der Waals surface area (Å²) in [6.07, 6.45) is 1.86. The van der Waals surface area contributed by atoms with Gasteiger partial charge in [-0.2, -0.15) is 0 Å². The molecular formula is C35H31N5O5. The molecule has 4 bridgehead atoms. The number of fused-ring (bicyclic) bond motifs is 5. The molecule has 3 aliphatic heterocycles. The van der Waals surface area contributed by atoms with Gasteiger partial charge < -0.3 is 30.1 Å². The van der Waals surface area contributed by atoms with Crippen molar-refractivity contribution in [3.8, 4) is 5.75 Å². The number of H-pyrrole nitrogens is 1. The number of nitrogens with one attached hydrogen (secondary N) is 4. The summed E-state index contributed by atoms with van der Waals surface area (Å²) in [5.74, 6) is 0.162. The first-order valence-electron chi connectivity index (χ1n) is 15.2. The molecule has 4 N–H and O–H groups in total. The number of oxazole rings is 1. The van der Waals surface area contributed by atoms with E-state index in [-0.39, 0.29) is 42.2 Å². The van der Waals surface area contributed by atoms with Crippen LogP contribution in [0.15, 0.2) is 77.3 Å². The molecule has 10 nitrogen and oxygen atoms in total. The Morgan fingerprint density at radius 1 is 1.02 bits per heavy atom. The van der Waals surface area contributed by atoms with Gasteiger partial charge in [0.25, 0.3) is 5.91 Å². The second-order valence-corrected chi connectivity index (χ2v) is 12.2. The topological polar surface area (TPSA) is 138 Å². The van der Waals surface area contributed by atoms with Crippen molar-refractivity contribution in [3.05, 3.63) is 113 Å². The maximum Gasteiger partial charge on any atom is 0.273 e. The van der Waals surface area contributed by atoms with Gasteiger partial charge in [0.05, 0.1) is 6.54 Å². The van der Waals surface area contributed by atoms with E-state index < -0.39 is 23.6 Å². The van der Waals surface area contributed by atoms with Gasteiger partial charge in [-0.25, -0.2) is 4.98 Å². The third kappa shape index (κ3) is 4.08. The molecule has 3 atom stereocenters. The Balaban J connectivity index is 1.28. The van der Waals surface area contributed by atoms with Gasteiger partial charge >= 0.3 is 0 Å². The molecule has 3 aliphatic rings. The van der Waals surface area contributed by atoms with E-state index in [2.05, 4.69) is 20.9 Å². The van der Waals surface area contributed by atoms with Gasteiger partial charge in [0, 0.05) is 40.3 Å². The zero-order valence-electron chi connectivity index (χ0n) is 24.8. The number of carbonyl (C=O) groups excluding carboxylic acids is 3. The third-order valence-electron chi connectivity index (χ3n) is 9.15. The predicted molar refractivity (Wildman–Crippen MR) is 166 cm³/mol. The lowest BCUT2D eigenvalue weighted by Gasteiger charge is -2.28. The molecule has 2 amide bonds. The van der Waals surface area contributed by atoms with Crippen LogP contribution in [0.3, 0.4) is 0 Å². The van der Waals surface area contributed by atoms with E-state index in [1.807, 2.05) is 80.6 Å². The number of hydrogen-bond acceptors (Lipinski definition) is 7. The van der Waals surface area contributed by atoms with E-state index in [1.54, 1.807) is 6.20 Å². The summed E-state index contributed by atoms with van der Waals surface area (Å²) < 4.78 is 13.2. The quantitative estimate of drug-likeness (QED) is 0.208. The Morgan fingerprint density at radius 2 is 1.84 bits per heavy atom. The van der Waals surface area contributed by atoms with Crippen LogP contribution in [-0.4, -0.2) is 40.3 Å². The number of para-hydroxylation sites is 2. The van der Waals surface area contributed by atoms with E-state index in [9.17, 15) is 14.4 Å². The fraction of sp³-hybridized carbons (Fsp3) is 0.257. The zero-order valence-corrected chi connectivity index (χ0v) is 24.8. The van der Waals surface area contributed by atoms with E-state index >= 15 is 0 Å². The molecule has 3 aromatic carbocycles. The lowest BCUT2D eigenvalue weighted by Crippen LogP contribution is -2.41. The first-order chi connectivity index (χ1) is 21.8. The van der Waals surface area contributed by atoms with Gasteiger partial charge in [-0.3, -0.25) is 14.4 Å². The van der Waals surface area contributed by atoms with Crippen LogP contribution in [0, 0.1) is 5.92 Å². The number of hydrogen-bond donors (Lipinski definition) is 4. The number of aryl methyl sites for hydroxylation is 1. The van der Waals surface area contributed by atoms with Crippen molar-refractivity contribution in [2.24, 2.45) is 5.92 Å². The highest BCUT2D eigenvalue weighted by Gasteiger charge is 2.61. The minimum Gasteiger partial charge on any atom is -0.469 e. The molecule has 0 radical (unpaired) electrons. The van der Waals surface area contributed by atoms with Gasteiger partial charge in [0.15, 0.2) is 23.5 Å². The number of benzene rings is 3. The molecule has 1 spiro atoms. The van der Waals surface area contributed by atoms with Crippen LogP contribution in [0.4, 0.5) is 5.69 Å². The van der Waals surface area contributed by atoms with Crippen LogP contribution in [-0.2, 0) is 16.6 Å². The Bertz CT molecular complexity index is 2030. The Kier molecular flexibility index (Phi) is 6.09. The van der Waals surface area contributed by atoms with Gasteiger partial charge in [0.2, 0.25) is 11.8 Å². The SMILES string of the molecule is CC(C)C1NC(=O)CCc2ccc3c(c2)[C@@]2(c4ccccc4NC2O3)c2oc1nc2C(=O)NCC(=O)c1c[nH]c2ccccc12. The zero-order chi connectivity index (χ0) is 30.9. The van der Waals surface area contributed by atoms with E-state index in [0.29, 0.717) is 23.5 Å². The summed E-state index contributed by atoms with van der Waals surface area (Å²) in [5.41, 5.74) is 3.87. The van der Waals surface area contributed by atoms with Crippen LogP contribution in [0.25, 0.3) is 10.9 Å². The second kappa shape index (κ2) is 10.1. The standard InChI is InChI=1S/C35H31N5O5/c1-18(2)29-33-40-30(32(43)37-17-26(41)21-16-36-24-9-5-3-7-20(21)24)31(45-33)35-22-8-4-6-10-25(22)38-34(35)44-27-13-11-19(15-23(27)35)12-14-28(42)39-29/h3-11,13,15-16,18,29,34,36,38H,12,14,17H2,1-2H3,(H,37,43)(H,39,42)/t29?,34?,35-/m0/s1. The minimum absolute atomic E-state index is 0.0428. The molecule has 8 rings (SSSR count). The van der Waals surface area contributed by atoms with E-state index in [1.165, 1.54) is 0 Å². The highest BCUT2D eigenvalue weighted by Crippen LogP contribution is 2.58. The molecule has 0 fully saturated rings. The highest BCUT2D eigenvalue weighted by atomic mass is 16.5. The van der Waals surface area contributed by atoms with Gasteiger partial charge in [-0.15, -0.1) is 0 Å². The average molecular weight is 602 g/mol. The van der Waals surface area contributed by atoms with Gasteiger partial charge in [-0.1, -0.05) is 62.4 Å². The maximum absolute atomic E-state index is 14.1. The van der Waals surface area contributed by atoms with Crippen LogP contribution in [0.5, 0.6) is 5.75 Å². The van der Waals surface area contributed by atoms with Crippen LogP contribution in [0.1, 0.15) is 75.5 Å². The summed E-state index contributed by atoms with van der Waals surface area (Å²) in [7, 11) is 0. The monoisotopic (exact) mass is 601 g/mol. The Labute approximate surface area is 258 Å². The number of ketones is 1. The van der Waals surface area contributed by atoms with Crippen LogP contribution >= 0.6 is 0 Å². The number of Topliss-reactive ketones (excluding diaryl/α,β-unsaturated/α-hetero) is 1. The van der Waals surface area contributed by atoms with Crippen molar-refractivity contribution < 1.29 is 23.5 Å². The van der Waals surface area contributed by atoms with Crippen molar-refractivity contribution in [2.45, 2.75) is 44.4 Å². The molecule has 5 aromatic rings. The number of aromatic amines is 1. The number of amides is 2. The summed E-state index contributed by atoms with van der Waals surface area (Å²) in [5, 5.41) is 10.2. The first kappa shape index (κ1) is 27.2. The third-order valence-corrected chi connectivity index (χ3v) is 9.15. The molecule has 0 saturated heterocycles. The molecule has 2 unspecified atom stereocenters. The molecule has 226 valence electrons. The van der Waals surface area contributed by atoms with Crippen molar-refractivity contribution in [2.75, 3.05) is 11.9 Å².